The predicted molar refractivity (Wildman–Crippen MR) is 98.5 cm³/mol. The molecular weight excluding hydrogens is 354 g/mol. The third-order valence-corrected chi connectivity index (χ3v) is 6.79. The van der Waals surface area contributed by atoms with Crippen LogP contribution in [0.1, 0.15) is 18.4 Å². The number of sulfonamides is 1. The summed E-state index contributed by atoms with van der Waals surface area (Å²) in [4.78, 5) is 17.2. The molecule has 0 bridgehead atoms. The number of likely N-dealkylation sites (N-methyl/N-ethyl adjacent to an activating group) is 1. The number of carbonyl (C=O) groups is 1. The van der Waals surface area contributed by atoms with Crippen molar-refractivity contribution in [3.8, 4) is 0 Å². The number of nitrogens with zero attached hydrogens (tertiary/aromatic N) is 3. The molecule has 2 aromatic rings. The Hall–Kier alpha value is -2.03. The molecule has 1 fully saturated rings. The van der Waals surface area contributed by atoms with Gasteiger partial charge in [-0.3, -0.25) is 14.7 Å². The lowest BCUT2D eigenvalue weighted by Gasteiger charge is -2.35. The van der Waals surface area contributed by atoms with Gasteiger partial charge in [-0.2, -0.15) is 4.31 Å². The Kier molecular flexibility index (Phi) is 5.27. The van der Waals surface area contributed by atoms with E-state index in [0.29, 0.717) is 31.4 Å². The molecule has 1 aromatic heterocycles. The zero-order valence-electron chi connectivity index (χ0n) is 14.9. The van der Waals surface area contributed by atoms with Gasteiger partial charge in [0.1, 0.15) is 4.90 Å². The summed E-state index contributed by atoms with van der Waals surface area (Å²) >= 11 is 0. The summed E-state index contributed by atoms with van der Waals surface area (Å²) in [6.07, 6.45) is 2.90. The van der Waals surface area contributed by atoms with E-state index in [0.717, 1.165) is 10.9 Å². The molecule has 0 radical (unpaired) electrons. The van der Waals surface area contributed by atoms with E-state index in [1.807, 2.05) is 19.1 Å². The number of fused-ring (bicyclic) bond motifs is 1. The summed E-state index contributed by atoms with van der Waals surface area (Å²) in [7, 11) is -1.87. The van der Waals surface area contributed by atoms with Gasteiger partial charge in [-0.05, 0) is 44.5 Å². The maximum absolute atomic E-state index is 13.1. The number of aryl methyl sites for hydroxylation is 1. The van der Waals surface area contributed by atoms with Crippen LogP contribution >= 0.6 is 0 Å². The second-order valence-corrected chi connectivity index (χ2v) is 8.69. The second-order valence-electron chi connectivity index (χ2n) is 6.78. The van der Waals surface area contributed by atoms with Crippen LogP contribution in [0, 0.1) is 6.92 Å². The lowest BCUT2D eigenvalue weighted by Crippen LogP contribution is -2.46. The summed E-state index contributed by atoms with van der Waals surface area (Å²) in [5, 5.41) is 9.72. The maximum Gasteiger partial charge on any atom is 0.317 e. The van der Waals surface area contributed by atoms with Crippen LogP contribution in [-0.2, 0) is 14.8 Å². The largest absolute Gasteiger partial charge is 0.480 e. The van der Waals surface area contributed by atoms with E-state index in [9.17, 15) is 13.2 Å². The van der Waals surface area contributed by atoms with Crippen molar-refractivity contribution in [3.63, 3.8) is 0 Å². The number of carboxylic acids is 1. The molecular formula is C18H23N3O4S. The van der Waals surface area contributed by atoms with E-state index in [-0.39, 0.29) is 17.5 Å². The number of aliphatic carboxylic acids is 1. The van der Waals surface area contributed by atoms with Crippen molar-refractivity contribution in [1.29, 1.82) is 0 Å². The highest BCUT2D eigenvalue weighted by molar-refractivity contribution is 7.89. The molecule has 1 saturated heterocycles. The average molecular weight is 377 g/mol. The van der Waals surface area contributed by atoms with Crippen LogP contribution < -0.4 is 0 Å². The molecule has 1 aliphatic rings. The number of pyridine rings is 1. The smallest absolute Gasteiger partial charge is 0.317 e. The van der Waals surface area contributed by atoms with Crippen LogP contribution in [0.3, 0.4) is 0 Å². The number of hydrogen-bond donors (Lipinski definition) is 1. The topological polar surface area (TPSA) is 90.8 Å². The number of piperidine rings is 1. The van der Waals surface area contributed by atoms with Gasteiger partial charge >= 0.3 is 5.97 Å². The summed E-state index contributed by atoms with van der Waals surface area (Å²) in [5.74, 6) is -0.875. The third-order valence-electron chi connectivity index (χ3n) is 4.86. The molecule has 0 aliphatic carbocycles. The number of rotatable bonds is 5. The van der Waals surface area contributed by atoms with Crippen molar-refractivity contribution >= 4 is 26.9 Å². The van der Waals surface area contributed by atoms with E-state index in [1.54, 1.807) is 30.3 Å². The van der Waals surface area contributed by atoms with Crippen LogP contribution in [0.5, 0.6) is 0 Å². The van der Waals surface area contributed by atoms with Crippen molar-refractivity contribution in [2.75, 3.05) is 26.7 Å². The van der Waals surface area contributed by atoms with Gasteiger partial charge in [0.25, 0.3) is 0 Å². The Balaban J connectivity index is 1.81. The number of aromatic nitrogens is 1. The first-order valence-corrected chi connectivity index (χ1v) is 10.0. The summed E-state index contributed by atoms with van der Waals surface area (Å²) < 4.78 is 27.7. The molecule has 3 rings (SSSR count). The molecule has 7 nitrogen and oxygen atoms in total. The number of benzene rings is 1. The van der Waals surface area contributed by atoms with Crippen molar-refractivity contribution < 1.29 is 18.3 Å². The Morgan fingerprint density at radius 2 is 2.04 bits per heavy atom. The molecule has 140 valence electrons. The summed E-state index contributed by atoms with van der Waals surface area (Å²) in [5.41, 5.74) is 1.47. The molecule has 8 heteroatoms. The fraction of sp³-hybridized carbons (Fsp3) is 0.444. The van der Waals surface area contributed by atoms with E-state index in [2.05, 4.69) is 4.98 Å². The van der Waals surface area contributed by atoms with Gasteiger partial charge in [-0.1, -0.05) is 12.1 Å². The number of para-hydroxylation sites is 1. The van der Waals surface area contributed by atoms with Gasteiger partial charge in [0.05, 0.1) is 12.1 Å². The van der Waals surface area contributed by atoms with E-state index < -0.39 is 16.0 Å². The van der Waals surface area contributed by atoms with Crippen LogP contribution in [0.15, 0.2) is 35.4 Å². The number of hydrogen-bond acceptors (Lipinski definition) is 5. The minimum Gasteiger partial charge on any atom is -0.480 e. The van der Waals surface area contributed by atoms with Crippen LogP contribution in [0.4, 0.5) is 0 Å². The van der Waals surface area contributed by atoms with Gasteiger partial charge < -0.3 is 5.11 Å². The van der Waals surface area contributed by atoms with Gasteiger partial charge in [0.2, 0.25) is 10.0 Å². The standard InChI is InChI=1S/C18H23N3O4S/c1-13-10-14-4-3-5-16(18(14)19-11-13)26(24,25)21-8-6-15(7-9-21)20(2)12-17(22)23/h3-5,10-11,15H,6-9,12H2,1-2H3,(H,22,23). The highest BCUT2D eigenvalue weighted by Gasteiger charge is 2.32. The van der Waals surface area contributed by atoms with Crippen molar-refractivity contribution in [2.24, 2.45) is 0 Å². The lowest BCUT2D eigenvalue weighted by atomic mass is 10.1. The minimum atomic E-state index is -3.64. The molecule has 1 aromatic carbocycles. The van der Waals surface area contributed by atoms with Gasteiger partial charge in [0, 0.05) is 30.7 Å². The molecule has 1 N–H and O–H groups in total. The first-order chi connectivity index (χ1) is 12.3. The molecule has 0 amide bonds. The Labute approximate surface area is 153 Å². The van der Waals surface area contributed by atoms with E-state index in [4.69, 9.17) is 5.11 Å². The second kappa shape index (κ2) is 7.30. The van der Waals surface area contributed by atoms with E-state index in [1.165, 1.54) is 4.31 Å². The normalized spacial score (nSPS) is 17.0. The Bertz CT molecular complexity index is 921. The fourth-order valence-electron chi connectivity index (χ4n) is 3.46. The molecule has 0 atom stereocenters. The molecule has 0 unspecified atom stereocenters. The fourth-order valence-corrected chi connectivity index (χ4v) is 5.09. The highest BCUT2D eigenvalue weighted by Crippen LogP contribution is 2.27. The molecule has 0 saturated carbocycles. The third kappa shape index (κ3) is 3.72. The van der Waals surface area contributed by atoms with Crippen LogP contribution in [-0.4, -0.2) is 66.4 Å². The maximum atomic E-state index is 13.1. The van der Waals surface area contributed by atoms with Crippen molar-refractivity contribution in [3.05, 3.63) is 36.0 Å². The quantitative estimate of drug-likeness (QED) is 0.853. The van der Waals surface area contributed by atoms with Gasteiger partial charge in [-0.25, -0.2) is 8.42 Å². The summed E-state index contributed by atoms with van der Waals surface area (Å²) in [6, 6.07) is 7.20. The zero-order chi connectivity index (χ0) is 18.9. The van der Waals surface area contributed by atoms with Gasteiger partial charge in [0.15, 0.2) is 0 Å². The SMILES string of the molecule is Cc1cnc2c(S(=O)(=O)N3CCC(N(C)CC(=O)O)CC3)cccc2c1. The zero-order valence-corrected chi connectivity index (χ0v) is 15.7. The van der Waals surface area contributed by atoms with E-state index >= 15 is 0 Å². The first-order valence-electron chi connectivity index (χ1n) is 8.56. The molecule has 0 spiro atoms. The average Bonchev–Trinajstić information content (AvgIpc) is 2.60. The van der Waals surface area contributed by atoms with Crippen molar-refractivity contribution in [2.45, 2.75) is 30.7 Å². The Morgan fingerprint density at radius 3 is 2.69 bits per heavy atom. The monoisotopic (exact) mass is 377 g/mol. The number of carboxylic acid groups (broad SMARTS) is 1. The molecule has 26 heavy (non-hydrogen) atoms. The van der Waals surface area contributed by atoms with Crippen molar-refractivity contribution in [1.82, 2.24) is 14.2 Å². The Morgan fingerprint density at radius 1 is 1.35 bits per heavy atom. The predicted octanol–water partition coefficient (Wildman–Crippen LogP) is 1.71. The highest BCUT2D eigenvalue weighted by atomic mass is 32.2. The minimum absolute atomic E-state index is 0.0377. The van der Waals surface area contributed by atoms with Crippen LogP contribution in [0.25, 0.3) is 10.9 Å². The molecule has 1 aliphatic heterocycles. The lowest BCUT2D eigenvalue weighted by molar-refractivity contribution is -0.138. The molecule has 2 heterocycles. The van der Waals surface area contributed by atoms with Crippen LogP contribution in [0.2, 0.25) is 0 Å². The summed E-state index contributed by atoms with van der Waals surface area (Å²) in [6.45, 7) is 2.63. The van der Waals surface area contributed by atoms with Gasteiger partial charge in [-0.15, -0.1) is 0 Å². The first kappa shape index (κ1) is 18.8.